The van der Waals surface area contributed by atoms with Gasteiger partial charge in [-0.3, -0.25) is 28.8 Å². The van der Waals surface area contributed by atoms with Crippen molar-refractivity contribution in [3.8, 4) is 0 Å². The minimum atomic E-state index is -0.846. The van der Waals surface area contributed by atoms with Gasteiger partial charge in [0.15, 0.2) is 5.78 Å². The van der Waals surface area contributed by atoms with E-state index in [0.717, 1.165) is 45.2 Å². The van der Waals surface area contributed by atoms with Crippen molar-refractivity contribution < 1.29 is 28.3 Å². The smallest absolute Gasteiger partial charge is 0.245 e. The minimum absolute atomic E-state index is 0.0227. The molecule has 0 radical (unpaired) electrons. The van der Waals surface area contributed by atoms with Crippen molar-refractivity contribution in [1.29, 1.82) is 0 Å². The maximum Gasteiger partial charge on any atom is 0.245 e. The fraction of sp³-hybridized carbons (Fsp3) is 0.618. The zero-order chi connectivity index (χ0) is 32.6. The molecule has 2 aliphatic heterocycles. The molecule has 1 aromatic heterocycles. The molecular weight excluding hydrogens is 591 g/mol. The molecule has 5 rings (SSSR count). The van der Waals surface area contributed by atoms with Crippen LogP contribution in [0.3, 0.4) is 0 Å². The Morgan fingerprint density at radius 2 is 1.87 bits per heavy atom. The number of hydrogen-bond donors (Lipinski definition) is 2. The Kier molecular flexibility index (Phi) is 11.6. The van der Waals surface area contributed by atoms with E-state index in [2.05, 4.69) is 20.6 Å². The average molecular weight is 639 g/mol. The molecule has 3 amide bonds. The lowest BCUT2D eigenvalue weighted by atomic mass is 9.77. The van der Waals surface area contributed by atoms with Gasteiger partial charge in [0.25, 0.3) is 0 Å². The SMILES string of the molecule is CCC(=O)NC(Cc1ccc(NC(=O)[C@@H](CC(=O)c2ccnn2CC)C2CCCCC2)c(F)c1)C(=O)N1CCN2CCOCC2C1. The van der Waals surface area contributed by atoms with Crippen LogP contribution in [0.5, 0.6) is 0 Å². The molecule has 1 saturated carbocycles. The number of carbonyl (C=O) groups excluding carboxylic acids is 4. The zero-order valence-corrected chi connectivity index (χ0v) is 27.0. The predicted molar refractivity (Wildman–Crippen MR) is 171 cm³/mol. The number of ketones is 1. The monoisotopic (exact) mass is 638 g/mol. The molecule has 3 atom stereocenters. The van der Waals surface area contributed by atoms with E-state index in [0.29, 0.717) is 44.1 Å². The molecule has 1 aromatic carbocycles. The van der Waals surface area contributed by atoms with Gasteiger partial charge in [-0.1, -0.05) is 32.3 Å². The number of piperazine rings is 1. The van der Waals surface area contributed by atoms with E-state index in [-0.39, 0.29) is 60.4 Å². The van der Waals surface area contributed by atoms with Crippen LogP contribution in [0.25, 0.3) is 0 Å². The maximum atomic E-state index is 15.5. The summed E-state index contributed by atoms with van der Waals surface area (Å²) in [4.78, 5) is 57.0. The van der Waals surface area contributed by atoms with Gasteiger partial charge in [0.2, 0.25) is 17.7 Å². The van der Waals surface area contributed by atoms with Crippen LogP contribution >= 0.6 is 0 Å². The van der Waals surface area contributed by atoms with Gasteiger partial charge < -0.3 is 20.3 Å². The summed E-state index contributed by atoms with van der Waals surface area (Å²) in [6.45, 7) is 8.08. The van der Waals surface area contributed by atoms with E-state index in [1.165, 1.54) is 12.1 Å². The third-order valence-corrected chi connectivity index (χ3v) is 9.70. The standard InChI is InChI=1S/C34H47FN6O5/c1-3-32(43)37-29(34(45)40-15-14-39-16-17-46-22-25(39)21-40)19-23-10-11-28(27(35)18-23)38-33(44)26(24-8-6-5-7-9-24)20-31(42)30-12-13-36-41(30)4-2/h10-13,18,24-26,29H,3-9,14-17,19-22H2,1-2H3,(H,37,43)(H,38,44)/t25?,26-,29?/m0/s1. The summed E-state index contributed by atoms with van der Waals surface area (Å²) < 4.78 is 22.8. The second-order valence-electron chi connectivity index (χ2n) is 12.7. The van der Waals surface area contributed by atoms with E-state index >= 15 is 4.39 Å². The van der Waals surface area contributed by atoms with Crippen molar-refractivity contribution in [3.63, 3.8) is 0 Å². The van der Waals surface area contributed by atoms with Crippen LogP contribution in [0.4, 0.5) is 10.1 Å². The average Bonchev–Trinajstić information content (AvgIpc) is 3.57. The first kappa shape index (κ1) is 33.7. The summed E-state index contributed by atoms with van der Waals surface area (Å²) in [5, 5.41) is 9.79. The number of morpholine rings is 1. The summed E-state index contributed by atoms with van der Waals surface area (Å²) in [7, 11) is 0. The van der Waals surface area contributed by atoms with E-state index < -0.39 is 17.8 Å². The maximum absolute atomic E-state index is 15.5. The molecule has 2 aromatic rings. The molecule has 3 heterocycles. The Morgan fingerprint density at radius 1 is 1.07 bits per heavy atom. The highest BCUT2D eigenvalue weighted by Crippen LogP contribution is 2.34. The third-order valence-electron chi connectivity index (χ3n) is 9.70. The first-order chi connectivity index (χ1) is 22.3. The number of benzene rings is 1. The van der Waals surface area contributed by atoms with Gasteiger partial charge in [0, 0.05) is 64.1 Å². The fourth-order valence-electron chi connectivity index (χ4n) is 7.05. The molecule has 0 spiro atoms. The van der Waals surface area contributed by atoms with Crippen LogP contribution in [0.2, 0.25) is 0 Å². The Balaban J connectivity index is 1.27. The number of nitrogens with zero attached hydrogens (tertiary/aromatic N) is 4. The number of Topliss-reactive ketones (excluding diaryl/α,β-unsaturated/α-hetero) is 1. The molecular formula is C34H47FN6O5. The summed E-state index contributed by atoms with van der Waals surface area (Å²) in [5.41, 5.74) is 1.02. The molecule has 250 valence electrons. The van der Waals surface area contributed by atoms with E-state index in [4.69, 9.17) is 4.74 Å². The number of nitrogens with one attached hydrogen (secondary N) is 2. The van der Waals surface area contributed by atoms with Crippen LogP contribution < -0.4 is 10.6 Å². The van der Waals surface area contributed by atoms with E-state index in [1.807, 2.05) is 6.92 Å². The molecule has 2 unspecified atom stereocenters. The molecule has 3 aliphatic rings. The number of ether oxygens (including phenoxy) is 1. The number of carbonyl (C=O) groups is 4. The highest BCUT2D eigenvalue weighted by Gasteiger charge is 2.35. The number of halogens is 1. The van der Waals surface area contributed by atoms with Gasteiger partial charge in [-0.05, 0) is 49.4 Å². The van der Waals surface area contributed by atoms with Gasteiger partial charge in [-0.25, -0.2) is 4.39 Å². The minimum Gasteiger partial charge on any atom is -0.378 e. The second-order valence-corrected chi connectivity index (χ2v) is 12.7. The van der Waals surface area contributed by atoms with Crippen LogP contribution in [-0.4, -0.2) is 94.6 Å². The van der Waals surface area contributed by atoms with Gasteiger partial charge in [0.1, 0.15) is 17.6 Å². The molecule has 12 heteroatoms. The molecule has 3 fully saturated rings. The third kappa shape index (κ3) is 8.19. The van der Waals surface area contributed by atoms with Crippen LogP contribution in [0, 0.1) is 17.7 Å². The number of fused-ring (bicyclic) bond motifs is 1. The second kappa shape index (κ2) is 15.8. The van der Waals surface area contributed by atoms with E-state index in [1.54, 1.807) is 34.8 Å². The van der Waals surface area contributed by atoms with Crippen molar-refractivity contribution in [1.82, 2.24) is 24.9 Å². The van der Waals surface area contributed by atoms with Crippen molar-refractivity contribution in [2.45, 2.75) is 83.8 Å². The number of rotatable bonds is 12. The van der Waals surface area contributed by atoms with Gasteiger partial charge in [0.05, 0.1) is 24.9 Å². The van der Waals surface area contributed by atoms with E-state index in [9.17, 15) is 19.2 Å². The van der Waals surface area contributed by atoms with Crippen LogP contribution in [0.1, 0.15) is 74.8 Å². The van der Waals surface area contributed by atoms with Crippen molar-refractivity contribution >= 4 is 29.2 Å². The number of hydrogen-bond acceptors (Lipinski definition) is 7. The summed E-state index contributed by atoms with van der Waals surface area (Å²) in [6, 6.07) is 5.42. The van der Waals surface area contributed by atoms with Crippen molar-refractivity contribution in [2.24, 2.45) is 11.8 Å². The Hall–Kier alpha value is -3.64. The number of aromatic nitrogens is 2. The Morgan fingerprint density at radius 3 is 2.61 bits per heavy atom. The lowest BCUT2D eigenvalue weighted by molar-refractivity contribution is -0.141. The number of aryl methyl sites for hydroxylation is 1. The largest absolute Gasteiger partial charge is 0.378 e. The van der Waals surface area contributed by atoms with Crippen molar-refractivity contribution in [2.75, 3.05) is 44.7 Å². The molecule has 2 N–H and O–H groups in total. The summed E-state index contributed by atoms with van der Waals surface area (Å²) in [6.07, 6.45) is 6.74. The van der Waals surface area contributed by atoms with Crippen LogP contribution in [0.15, 0.2) is 30.5 Å². The van der Waals surface area contributed by atoms with Gasteiger partial charge in [-0.2, -0.15) is 5.10 Å². The lowest BCUT2D eigenvalue weighted by Crippen LogP contribution is -2.61. The normalized spacial score (nSPS) is 20.4. The van der Waals surface area contributed by atoms with Gasteiger partial charge >= 0.3 is 0 Å². The fourth-order valence-corrected chi connectivity index (χ4v) is 7.05. The summed E-state index contributed by atoms with van der Waals surface area (Å²) >= 11 is 0. The molecule has 1 aliphatic carbocycles. The van der Waals surface area contributed by atoms with Crippen LogP contribution in [-0.2, 0) is 32.1 Å². The number of amides is 3. The highest BCUT2D eigenvalue weighted by molar-refractivity contribution is 6.00. The molecule has 0 bridgehead atoms. The predicted octanol–water partition coefficient (Wildman–Crippen LogP) is 3.43. The van der Waals surface area contributed by atoms with Gasteiger partial charge in [-0.15, -0.1) is 0 Å². The zero-order valence-electron chi connectivity index (χ0n) is 27.0. The first-order valence-corrected chi connectivity index (χ1v) is 16.8. The topological polar surface area (TPSA) is 126 Å². The Labute approximate surface area is 270 Å². The molecule has 11 nitrogen and oxygen atoms in total. The summed E-state index contributed by atoms with van der Waals surface area (Å²) in [5.74, 6) is -2.17. The molecule has 46 heavy (non-hydrogen) atoms. The Bertz CT molecular complexity index is 1390. The number of anilines is 1. The first-order valence-electron chi connectivity index (χ1n) is 16.8. The lowest BCUT2D eigenvalue weighted by Gasteiger charge is -2.44. The highest BCUT2D eigenvalue weighted by atomic mass is 19.1. The molecule has 2 saturated heterocycles. The quantitative estimate of drug-likeness (QED) is 0.341. The van der Waals surface area contributed by atoms with Crippen molar-refractivity contribution in [3.05, 3.63) is 47.5 Å².